The maximum Gasteiger partial charge on any atom is 0.408 e. The molecule has 2 heterocycles. The second-order valence-electron chi connectivity index (χ2n) is 14.4. The van der Waals surface area contributed by atoms with E-state index in [1.165, 1.54) is 12.7 Å². The second kappa shape index (κ2) is 16.9. The summed E-state index contributed by atoms with van der Waals surface area (Å²) in [5.74, 6) is -1.48. The number of carbonyl (C=O) groups is 4. The number of rotatable bonds is 14. The molecule has 0 unspecified atom stereocenters. The summed E-state index contributed by atoms with van der Waals surface area (Å²) in [7, 11) is 1.77. The largest absolute Gasteiger partial charge is 0.444 e. The zero-order valence-electron chi connectivity index (χ0n) is 29.0. The Morgan fingerprint density at radius 3 is 2.29 bits per heavy atom. The van der Waals surface area contributed by atoms with E-state index in [-0.39, 0.29) is 24.8 Å². The number of alkyl carbamates (subject to hydrolysis) is 1. The number of aliphatic hydroxyl groups is 1. The first kappa shape index (κ1) is 36.9. The van der Waals surface area contributed by atoms with E-state index in [4.69, 9.17) is 4.74 Å². The number of aliphatic hydroxyl groups excluding tert-OH is 1. The Kier molecular flexibility index (Phi) is 13.0. The zero-order valence-corrected chi connectivity index (χ0v) is 29.0. The predicted octanol–water partition coefficient (Wildman–Crippen LogP) is 3.65. The maximum absolute atomic E-state index is 14.2. The van der Waals surface area contributed by atoms with Crippen molar-refractivity contribution >= 4 is 23.8 Å². The minimum Gasteiger partial charge on any atom is -0.444 e. The number of imidazole rings is 1. The van der Waals surface area contributed by atoms with Crippen LogP contribution in [0.4, 0.5) is 4.79 Å². The van der Waals surface area contributed by atoms with Gasteiger partial charge in [-0.1, -0.05) is 69.4 Å². The highest BCUT2D eigenvalue weighted by molar-refractivity contribution is 5.92. The number of hydrogen-bond donors (Lipinski definition) is 5. The summed E-state index contributed by atoms with van der Waals surface area (Å²) in [6, 6.07) is 6.52. The highest BCUT2D eigenvalue weighted by Gasteiger charge is 2.44. The molecule has 1 aliphatic heterocycles. The Hall–Kier alpha value is -3.93. The van der Waals surface area contributed by atoms with E-state index in [0.717, 1.165) is 37.7 Å². The molecule has 0 radical (unpaired) electrons. The fourth-order valence-corrected chi connectivity index (χ4v) is 6.96. The van der Waals surface area contributed by atoms with Gasteiger partial charge in [-0.25, -0.2) is 9.78 Å². The van der Waals surface area contributed by atoms with Gasteiger partial charge in [-0.3, -0.25) is 14.4 Å². The van der Waals surface area contributed by atoms with E-state index < -0.39 is 53.7 Å². The van der Waals surface area contributed by atoms with Gasteiger partial charge < -0.3 is 35.7 Å². The smallest absolute Gasteiger partial charge is 0.408 e. The van der Waals surface area contributed by atoms with Gasteiger partial charge in [0.2, 0.25) is 17.7 Å². The number of carbonyl (C=O) groups excluding carboxylic acids is 4. The molecule has 1 aromatic carbocycles. The summed E-state index contributed by atoms with van der Waals surface area (Å²) in [4.78, 5) is 62.9. The Morgan fingerprint density at radius 2 is 1.69 bits per heavy atom. The SMILES string of the molecule is CC[C@@H]1C[C@@H]([C@H](O)[C@H](CC2CCCCC2)NC(=O)[C@H](Cc2cnc[nH]2)NC(=O)[C@H](Cc2ccccc2)NC(=O)OC(C)(C)C)C(=O)N1C. The molecule has 48 heavy (non-hydrogen) atoms. The lowest BCUT2D eigenvalue weighted by Gasteiger charge is -2.33. The number of H-pyrrole nitrogens is 1. The van der Waals surface area contributed by atoms with Gasteiger partial charge in [-0.05, 0) is 51.5 Å². The topological polar surface area (TPSA) is 166 Å². The van der Waals surface area contributed by atoms with Crippen LogP contribution in [0.3, 0.4) is 0 Å². The molecule has 2 aliphatic rings. The number of hydrogen-bond acceptors (Lipinski definition) is 7. The number of nitrogens with one attached hydrogen (secondary N) is 4. The summed E-state index contributed by atoms with van der Waals surface area (Å²) in [5.41, 5.74) is 0.662. The van der Waals surface area contributed by atoms with Crippen molar-refractivity contribution in [2.45, 2.75) is 128 Å². The normalized spacial score (nSPS) is 21.2. The van der Waals surface area contributed by atoms with Crippen LogP contribution in [0.2, 0.25) is 0 Å². The monoisotopic (exact) mass is 666 g/mol. The molecule has 264 valence electrons. The Bertz CT molecular complexity index is 1340. The van der Waals surface area contributed by atoms with Gasteiger partial charge in [0.05, 0.1) is 24.4 Å². The molecule has 4 rings (SSSR count). The Morgan fingerprint density at radius 1 is 1.02 bits per heavy atom. The summed E-state index contributed by atoms with van der Waals surface area (Å²) in [6.07, 6.45) is 8.72. The van der Waals surface area contributed by atoms with Crippen molar-refractivity contribution in [3.05, 3.63) is 54.1 Å². The highest BCUT2D eigenvalue weighted by atomic mass is 16.6. The van der Waals surface area contributed by atoms with Gasteiger partial charge in [0, 0.05) is 37.8 Å². The molecule has 1 aliphatic carbocycles. The fourth-order valence-electron chi connectivity index (χ4n) is 6.96. The van der Waals surface area contributed by atoms with Crippen LogP contribution in [0.1, 0.15) is 90.3 Å². The van der Waals surface area contributed by atoms with E-state index in [9.17, 15) is 24.3 Å². The first-order chi connectivity index (χ1) is 22.8. The third-order valence-electron chi connectivity index (χ3n) is 9.58. The van der Waals surface area contributed by atoms with E-state index in [0.29, 0.717) is 24.5 Å². The third kappa shape index (κ3) is 10.5. The minimum atomic E-state index is -1.08. The van der Waals surface area contributed by atoms with Gasteiger partial charge in [0.1, 0.15) is 17.7 Å². The van der Waals surface area contributed by atoms with Gasteiger partial charge >= 0.3 is 6.09 Å². The van der Waals surface area contributed by atoms with Crippen LogP contribution in [0.25, 0.3) is 0 Å². The number of nitrogens with zero attached hydrogens (tertiary/aromatic N) is 2. The lowest BCUT2D eigenvalue weighted by Crippen LogP contribution is -2.58. The van der Waals surface area contributed by atoms with Crippen LogP contribution in [0.15, 0.2) is 42.9 Å². The molecular formula is C36H54N6O6. The van der Waals surface area contributed by atoms with Crippen molar-refractivity contribution in [2.24, 2.45) is 11.8 Å². The average Bonchev–Trinajstić information content (AvgIpc) is 3.67. The highest BCUT2D eigenvalue weighted by Crippen LogP contribution is 2.33. The Labute approximate surface area is 284 Å². The van der Waals surface area contributed by atoms with Crippen molar-refractivity contribution in [3.8, 4) is 0 Å². The summed E-state index contributed by atoms with van der Waals surface area (Å²) in [6.45, 7) is 7.24. The summed E-state index contributed by atoms with van der Waals surface area (Å²) >= 11 is 0. The van der Waals surface area contributed by atoms with Crippen molar-refractivity contribution in [1.82, 2.24) is 30.8 Å². The minimum absolute atomic E-state index is 0.0367. The summed E-state index contributed by atoms with van der Waals surface area (Å²) < 4.78 is 5.44. The molecule has 6 atom stereocenters. The van der Waals surface area contributed by atoms with E-state index in [1.54, 1.807) is 38.9 Å². The average molecular weight is 667 g/mol. The van der Waals surface area contributed by atoms with Gasteiger partial charge in [0.25, 0.3) is 0 Å². The molecular weight excluding hydrogens is 612 g/mol. The molecule has 1 saturated heterocycles. The van der Waals surface area contributed by atoms with Crippen LogP contribution >= 0.6 is 0 Å². The van der Waals surface area contributed by atoms with Crippen molar-refractivity contribution in [3.63, 3.8) is 0 Å². The first-order valence-corrected chi connectivity index (χ1v) is 17.4. The van der Waals surface area contributed by atoms with Gasteiger partial charge in [0.15, 0.2) is 0 Å². The number of benzene rings is 1. The standard InChI is InChI=1S/C36H54N6O6/c1-6-26-20-27(34(46)42(26)5)31(43)28(17-23-13-9-7-10-14-23)39-33(45)30(19-25-21-37-22-38-25)40-32(44)29(18-24-15-11-8-12-16-24)41-35(47)48-36(2,3)4/h8,11-12,15-16,21-23,26-31,43H,6-7,9-10,13-14,17-20H2,1-5H3,(H,37,38)(H,39,45)(H,40,44)(H,41,47)/t26-,27+,28+,29+,30+,31+/m1/s1. The quantitative estimate of drug-likeness (QED) is 0.205. The van der Waals surface area contributed by atoms with Crippen molar-refractivity contribution in [1.29, 1.82) is 0 Å². The van der Waals surface area contributed by atoms with E-state index in [1.807, 2.05) is 37.3 Å². The maximum atomic E-state index is 14.2. The molecule has 5 N–H and O–H groups in total. The fraction of sp³-hybridized carbons (Fsp3) is 0.639. The van der Waals surface area contributed by atoms with Crippen molar-refractivity contribution < 1.29 is 29.0 Å². The van der Waals surface area contributed by atoms with E-state index in [2.05, 4.69) is 25.9 Å². The van der Waals surface area contributed by atoms with Crippen molar-refractivity contribution in [2.75, 3.05) is 7.05 Å². The molecule has 12 nitrogen and oxygen atoms in total. The van der Waals surface area contributed by atoms with Gasteiger partial charge in [-0.15, -0.1) is 0 Å². The molecule has 1 saturated carbocycles. The summed E-state index contributed by atoms with van der Waals surface area (Å²) in [5, 5.41) is 20.3. The molecule has 2 aromatic rings. The second-order valence-corrected chi connectivity index (χ2v) is 14.4. The number of likely N-dealkylation sites (tertiary alicyclic amines) is 1. The van der Waals surface area contributed by atoms with Gasteiger partial charge in [-0.2, -0.15) is 0 Å². The number of amides is 4. The first-order valence-electron chi connectivity index (χ1n) is 17.4. The van der Waals surface area contributed by atoms with Crippen LogP contribution in [0, 0.1) is 11.8 Å². The molecule has 12 heteroatoms. The van der Waals surface area contributed by atoms with Crippen LogP contribution in [-0.2, 0) is 32.0 Å². The number of ether oxygens (including phenoxy) is 1. The molecule has 0 bridgehead atoms. The molecule has 2 fully saturated rings. The van der Waals surface area contributed by atoms with E-state index >= 15 is 0 Å². The number of aromatic nitrogens is 2. The van der Waals surface area contributed by atoms with Crippen LogP contribution < -0.4 is 16.0 Å². The lowest BCUT2D eigenvalue weighted by atomic mass is 9.81. The molecule has 0 spiro atoms. The van der Waals surface area contributed by atoms with Crippen LogP contribution in [-0.4, -0.2) is 86.7 Å². The molecule has 4 amide bonds. The third-order valence-corrected chi connectivity index (χ3v) is 9.58. The lowest BCUT2D eigenvalue weighted by molar-refractivity contribution is -0.136. The number of aromatic amines is 1. The van der Waals surface area contributed by atoms with Crippen LogP contribution in [0.5, 0.6) is 0 Å². The predicted molar refractivity (Wildman–Crippen MR) is 182 cm³/mol. The Balaban J connectivity index is 1.57. The zero-order chi connectivity index (χ0) is 34.8. The molecule has 1 aromatic heterocycles.